The van der Waals surface area contributed by atoms with Gasteiger partial charge in [-0.25, -0.2) is 4.79 Å². The predicted octanol–water partition coefficient (Wildman–Crippen LogP) is 0.662. The van der Waals surface area contributed by atoms with Crippen molar-refractivity contribution in [3.63, 3.8) is 0 Å². The van der Waals surface area contributed by atoms with Crippen molar-refractivity contribution >= 4 is 22.8 Å². The number of aliphatic carboxylic acids is 1. The van der Waals surface area contributed by atoms with Gasteiger partial charge in [0, 0.05) is 30.1 Å². The summed E-state index contributed by atoms with van der Waals surface area (Å²) in [6.45, 7) is -0.287. The van der Waals surface area contributed by atoms with E-state index in [4.69, 9.17) is 10.2 Å². The first-order valence-electron chi connectivity index (χ1n) is 6.30. The van der Waals surface area contributed by atoms with Crippen LogP contribution in [0.1, 0.15) is 12.0 Å². The number of carboxylic acid groups (broad SMARTS) is 1. The van der Waals surface area contributed by atoms with Crippen LogP contribution >= 0.6 is 0 Å². The molecule has 6 nitrogen and oxygen atoms in total. The number of hydrogen-bond acceptors (Lipinski definition) is 3. The number of aliphatic hydroxyl groups excluding tert-OH is 1. The Morgan fingerprint density at radius 3 is 2.75 bits per heavy atom. The van der Waals surface area contributed by atoms with Crippen LogP contribution in [-0.2, 0) is 16.0 Å². The van der Waals surface area contributed by atoms with E-state index in [2.05, 4.69) is 10.3 Å². The Morgan fingerprint density at radius 2 is 2.05 bits per heavy atom. The van der Waals surface area contributed by atoms with Crippen LogP contribution < -0.4 is 5.32 Å². The van der Waals surface area contributed by atoms with E-state index in [-0.39, 0.29) is 25.4 Å². The Balaban J connectivity index is 2.06. The van der Waals surface area contributed by atoms with Crippen molar-refractivity contribution in [3.05, 3.63) is 36.0 Å². The number of carbonyl (C=O) groups is 2. The topological polar surface area (TPSA) is 102 Å². The summed E-state index contributed by atoms with van der Waals surface area (Å²) >= 11 is 0. The molecule has 4 N–H and O–H groups in total. The number of rotatable bonds is 6. The van der Waals surface area contributed by atoms with Crippen molar-refractivity contribution in [2.75, 3.05) is 6.61 Å². The molecular weight excluding hydrogens is 260 g/mol. The van der Waals surface area contributed by atoms with E-state index in [1.54, 1.807) is 6.20 Å². The highest BCUT2D eigenvalue weighted by Crippen LogP contribution is 2.18. The number of aliphatic hydroxyl groups is 1. The lowest BCUT2D eigenvalue weighted by atomic mass is 10.1. The number of benzene rings is 1. The van der Waals surface area contributed by atoms with Crippen molar-refractivity contribution in [2.24, 2.45) is 0 Å². The van der Waals surface area contributed by atoms with E-state index in [0.717, 1.165) is 16.5 Å². The second-order valence-electron chi connectivity index (χ2n) is 4.51. The average Bonchev–Trinajstić information content (AvgIpc) is 2.81. The smallest absolute Gasteiger partial charge is 0.326 e. The molecule has 106 valence electrons. The van der Waals surface area contributed by atoms with Gasteiger partial charge in [0.2, 0.25) is 5.91 Å². The molecule has 0 bridgehead atoms. The molecule has 2 aromatic rings. The molecule has 2 rings (SSSR count). The number of nitrogens with one attached hydrogen (secondary N) is 2. The van der Waals surface area contributed by atoms with Crippen LogP contribution in [-0.4, -0.2) is 39.7 Å². The first-order valence-corrected chi connectivity index (χ1v) is 6.30. The SMILES string of the molecule is O=C(Cc1c[nH]c2ccccc12)N[C@H](CCO)C(=O)O. The zero-order chi connectivity index (χ0) is 14.5. The first kappa shape index (κ1) is 14.1. The summed E-state index contributed by atoms with van der Waals surface area (Å²) < 4.78 is 0. The van der Waals surface area contributed by atoms with Gasteiger partial charge in [-0.1, -0.05) is 18.2 Å². The van der Waals surface area contributed by atoms with Crippen LogP contribution in [0, 0.1) is 0 Å². The Hall–Kier alpha value is -2.34. The second kappa shape index (κ2) is 6.21. The number of carbonyl (C=O) groups excluding carboxylic acids is 1. The summed E-state index contributed by atoms with van der Waals surface area (Å²) in [4.78, 5) is 25.8. The minimum Gasteiger partial charge on any atom is -0.480 e. The van der Waals surface area contributed by atoms with Crippen molar-refractivity contribution in [2.45, 2.75) is 18.9 Å². The number of carboxylic acids is 1. The molecular formula is C14H16N2O4. The van der Waals surface area contributed by atoms with Crippen molar-refractivity contribution < 1.29 is 19.8 Å². The molecule has 0 aliphatic rings. The normalized spacial score (nSPS) is 12.2. The van der Waals surface area contributed by atoms with E-state index in [1.807, 2.05) is 24.3 Å². The fourth-order valence-electron chi connectivity index (χ4n) is 2.08. The summed E-state index contributed by atoms with van der Waals surface area (Å²) in [5, 5.41) is 21.0. The zero-order valence-corrected chi connectivity index (χ0v) is 10.8. The van der Waals surface area contributed by atoms with Crippen molar-refractivity contribution in [3.8, 4) is 0 Å². The molecule has 0 fully saturated rings. The molecule has 1 amide bonds. The summed E-state index contributed by atoms with van der Waals surface area (Å²) in [7, 11) is 0. The Bertz CT molecular complexity index is 620. The quantitative estimate of drug-likeness (QED) is 0.622. The Labute approximate surface area is 115 Å². The van der Waals surface area contributed by atoms with Crippen LogP contribution in [0.5, 0.6) is 0 Å². The zero-order valence-electron chi connectivity index (χ0n) is 10.8. The third kappa shape index (κ3) is 3.16. The van der Waals surface area contributed by atoms with E-state index in [9.17, 15) is 9.59 Å². The number of amides is 1. The third-order valence-corrected chi connectivity index (χ3v) is 3.08. The van der Waals surface area contributed by atoms with Gasteiger partial charge in [0.05, 0.1) is 6.42 Å². The Morgan fingerprint density at radius 1 is 1.30 bits per heavy atom. The largest absolute Gasteiger partial charge is 0.480 e. The highest BCUT2D eigenvalue weighted by molar-refractivity contribution is 5.90. The van der Waals surface area contributed by atoms with E-state index in [1.165, 1.54) is 0 Å². The number of aromatic amines is 1. The number of H-pyrrole nitrogens is 1. The predicted molar refractivity (Wildman–Crippen MR) is 73.3 cm³/mol. The van der Waals surface area contributed by atoms with Crippen LogP contribution in [0.2, 0.25) is 0 Å². The number of hydrogen-bond donors (Lipinski definition) is 4. The summed E-state index contributed by atoms with van der Waals surface area (Å²) in [5.41, 5.74) is 1.74. The minimum absolute atomic E-state index is 0.00500. The standard InChI is InChI=1S/C14H16N2O4/c17-6-5-12(14(19)20)16-13(18)7-9-8-15-11-4-2-1-3-10(9)11/h1-4,8,12,15,17H,5-7H2,(H,16,18)(H,19,20)/t12-/m1/s1. The van der Waals surface area contributed by atoms with Gasteiger partial charge in [0.15, 0.2) is 0 Å². The molecule has 0 saturated heterocycles. The van der Waals surface area contributed by atoms with Gasteiger partial charge in [0.25, 0.3) is 0 Å². The number of para-hydroxylation sites is 1. The fraction of sp³-hybridized carbons (Fsp3) is 0.286. The Kier molecular flexibility index (Phi) is 4.37. The molecule has 0 radical (unpaired) electrons. The molecule has 0 aliphatic heterocycles. The van der Waals surface area contributed by atoms with E-state index < -0.39 is 12.0 Å². The summed E-state index contributed by atoms with van der Waals surface area (Å²) in [6.07, 6.45) is 1.83. The van der Waals surface area contributed by atoms with Gasteiger partial charge in [-0.05, 0) is 11.6 Å². The highest BCUT2D eigenvalue weighted by atomic mass is 16.4. The lowest BCUT2D eigenvalue weighted by molar-refractivity contribution is -0.142. The molecule has 0 saturated carbocycles. The highest BCUT2D eigenvalue weighted by Gasteiger charge is 2.19. The van der Waals surface area contributed by atoms with Crippen LogP contribution in [0.25, 0.3) is 10.9 Å². The molecule has 20 heavy (non-hydrogen) atoms. The first-order chi connectivity index (χ1) is 9.61. The van der Waals surface area contributed by atoms with Crippen LogP contribution in [0.4, 0.5) is 0 Å². The monoisotopic (exact) mass is 276 g/mol. The summed E-state index contributed by atoms with van der Waals surface area (Å²) in [5.74, 6) is -1.53. The third-order valence-electron chi connectivity index (χ3n) is 3.08. The van der Waals surface area contributed by atoms with E-state index >= 15 is 0 Å². The van der Waals surface area contributed by atoms with Gasteiger partial charge in [-0.15, -0.1) is 0 Å². The van der Waals surface area contributed by atoms with Gasteiger partial charge in [0.1, 0.15) is 6.04 Å². The van der Waals surface area contributed by atoms with Crippen molar-refractivity contribution in [1.29, 1.82) is 0 Å². The van der Waals surface area contributed by atoms with Gasteiger partial charge in [-0.2, -0.15) is 0 Å². The summed E-state index contributed by atoms with van der Waals surface area (Å²) in [6, 6.07) is 6.52. The lowest BCUT2D eigenvalue weighted by Crippen LogP contribution is -2.42. The number of aromatic nitrogens is 1. The molecule has 1 aromatic heterocycles. The molecule has 0 unspecified atom stereocenters. The number of fused-ring (bicyclic) bond motifs is 1. The van der Waals surface area contributed by atoms with Crippen LogP contribution in [0.3, 0.4) is 0 Å². The minimum atomic E-state index is -1.15. The molecule has 6 heteroatoms. The van der Waals surface area contributed by atoms with Gasteiger partial charge < -0.3 is 20.5 Å². The average molecular weight is 276 g/mol. The van der Waals surface area contributed by atoms with Crippen LogP contribution in [0.15, 0.2) is 30.5 Å². The molecule has 1 heterocycles. The fourth-order valence-corrected chi connectivity index (χ4v) is 2.08. The molecule has 1 aromatic carbocycles. The maximum absolute atomic E-state index is 11.9. The van der Waals surface area contributed by atoms with Gasteiger partial charge >= 0.3 is 5.97 Å². The molecule has 0 spiro atoms. The lowest BCUT2D eigenvalue weighted by Gasteiger charge is -2.12. The van der Waals surface area contributed by atoms with E-state index in [0.29, 0.717) is 0 Å². The maximum atomic E-state index is 11.9. The van der Waals surface area contributed by atoms with Crippen molar-refractivity contribution in [1.82, 2.24) is 10.3 Å². The molecule has 1 atom stereocenters. The second-order valence-corrected chi connectivity index (χ2v) is 4.51. The maximum Gasteiger partial charge on any atom is 0.326 e. The van der Waals surface area contributed by atoms with Gasteiger partial charge in [-0.3, -0.25) is 4.79 Å². The molecule has 0 aliphatic carbocycles.